The molecule has 43 heavy (non-hydrogen) atoms. The maximum Gasteiger partial charge on any atom is 0.287 e. The molecule has 0 spiro atoms. The lowest BCUT2D eigenvalue weighted by molar-refractivity contribution is -0.137. The molecule has 4 fully saturated rings. The third kappa shape index (κ3) is 6.73. The zero-order chi connectivity index (χ0) is 30.8. The lowest BCUT2D eigenvalue weighted by Crippen LogP contribution is -2.56. The minimum atomic E-state index is -1.25. The average molecular weight is 594 g/mol. The van der Waals surface area contributed by atoms with Crippen molar-refractivity contribution in [1.82, 2.24) is 20.5 Å². The molecule has 2 aromatic rings. The number of carbonyl (C=O) groups excluding carboxylic acids is 5. The fraction of sp³-hybridized carbons (Fsp3) is 0.548. The largest absolute Gasteiger partial charge is 0.466 e. The summed E-state index contributed by atoms with van der Waals surface area (Å²) in [5.41, 5.74) is -0.439. The molecule has 12 nitrogen and oxygen atoms in total. The number of ketones is 1. The Hall–Kier alpha value is -4.22. The second-order valence-corrected chi connectivity index (χ2v) is 12.3. The van der Waals surface area contributed by atoms with Crippen LogP contribution in [0.25, 0.3) is 0 Å². The van der Waals surface area contributed by atoms with Crippen LogP contribution < -0.4 is 26.8 Å². The van der Waals surface area contributed by atoms with Gasteiger partial charge in [0.1, 0.15) is 29.8 Å². The molecule has 4 amide bonds. The Kier molecular flexibility index (Phi) is 8.84. The van der Waals surface area contributed by atoms with E-state index in [0.29, 0.717) is 23.4 Å². The molecule has 0 aromatic carbocycles. The number of likely N-dealkylation sites (N-methyl/N-ethyl adjacent to an activating group) is 1. The topological polar surface area (TPSA) is 169 Å². The zero-order valence-electron chi connectivity index (χ0n) is 24.7. The molecule has 4 aliphatic rings. The Morgan fingerprint density at radius 3 is 2.30 bits per heavy atom. The fourth-order valence-electron chi connectivity index (χ4n) is 7.41. The van der Waals surface area contributed by atoms with Gasteiger partial charge in [0.15, 0.2) is 0 Å². The van der Waals surface area contributed by atoms with Crippen molar-refractivity contribution in [2.24, 2.45) is 23.7 Å². The van der Waals surface area contributed by atoms with Crippen LogP contribution in [0.1, 0.15) is 66.8 Å². The van der Waals surface area contributed by atoms with Crippen molar-refractivity contribution in [2.45, 2.75) is 77.4 Å². The van der Waals surface area contributed by atoms with Crippen molar-refractivity contribution in [3.05, 3.63) is 51.8 Å². The van der Waals surface area contributed by atoms with Gasteiger partial charge in [0, 0.05) is 25.7 Å². The maximum atomic E-state index is 13.3. The van der Waals surface area contributed by atoms with E-state index >= 15 is 0 Å². The van der Waals surface area contributed by atoms with Crippen LogP contribution >= 0.6 is 0 Å². The highest BCUT2D eigenvalue weighted by Crippen LogP contribution is 2.53. The minimum absolute atomic E-state index is 0.0814. The summed E-state index contributed by atoms with van der Waals surface area (Å²) in [5, 5.41) is 10.6. The van der Waals surface area contributed by atoms with E-state index in [1.807, 2.05) is 0 Å². The van der Waals surface area contributed by atoms with Gasteiger partial charge in [-0.15, -0.1) is 0 Å². The van der Waals surface area contributed by atoms with Crippen LogP contribution in [0.3, 0.4) is 0 Å². The Morgan fingerprint density at radius 2 is 1.70 bits per heavy atom. The van der Waals surface area contributed by atoms with Crippen molar-refractivity contribution < 1.29 is 28.4 Å². The van der Waals surface area contributed by atoms with E-state index in [0.717, 1.165) is 37.5 Å². The highest BCUT2D eigenvalue weighted by atomic mass is 16.3. The Balaban J connectivity index is 1.25. The molecule has 0 aliphatic heterocycles. The van der Waals surface area contributed by atoms with Gasteiger partial charge >= 0.3 is 0 Å². The first-order chi connectivity index (χ1) is 20.5. The molecule has 1 unspecified atom stereocenters. The summed E-state index contributed by atoms with van der Waals surface area (Å²) >= 11 is 0. The van der Waals surface area contributed by atoms with Gasteiger partial charge in [-0.1, -0.05) is 0 Å². The summed E-state index contributed by atoms with van der Waals surface area (Å²) in [4.78, 5) is 76.4. The summed E-state index contributed by atoms with van der Waals surface area (Å²) in [5.74, 6) is 0.262. The maximum absolute atomic E-state index is 13.3. The highest BCUT2D eigenvalue weighted by molar-refractivity contribution is 6.36. The first-order valence-electron chi connectivity index (χ1n) is 14.9. The molecule has 4 bridgehead atoms. The summed E-state index contributed by atoms with van der Waals surface area (Å²) < 4.78 is 6.65. The summed E-state index contributed by atoms with van der Waals surface area (Å²) in [6.45, 7) is 3.10. The molecule has 12 heteroatoms. The molecule has 4 N–H and O–H groups in total. The number of furan rings is 1. The summed E-state index contributed by atoms with van der Waals surface area (Å²) in [6, 6.07) is 3.38. The number of hydrogen-bond donors (Lipinski definition) is 4. The van der Waals surface area contributed by atoms with Gasteiger partial charge < -0.3 is 30.3 Å². The first-order valence-corrected chi connectivity index (χ1v) is 14.9. The monoisotopic (exact) mass is 593 g/mol. The highest BCUT2D eigenvalue weighted by Gasteiger charge is 2.48. The smallest absolute Gasteiger partial charge is 0.287 e. The number of rotatable bonds is 11. The van der Waals surface area contributed by atoms with Crippen LogP contribution in [0, 0.1) is 37.5 Å². The molecule has 0 saturated heterocycles. The number of nitrogens with zero attached hydrogens (tertiary/aromatic N) is 1. The molecule has 6 rings (SSSR count). The number of anilines is 1. The van der Waals surface area contributed by atoms with Crippen molar-refractivity contribution in [3.63, 3.8) is 0 Å². The zero-order valence-corrected chi connectivity index (χ0v) is 24.7. The Morgan fingerprint density at radius 1 is 1.02 bits per heavy atom. The molecular weight excluding hydrogens is 554 g/mol. The second kappa shape index (κ2) is 12.6. The number of Topliss-reactive ketones (excluding diaryl/α,β-unsaturated/α-hetero) is 1. The van der Waals surface area contributed by atoms with E-state index < -0.39 is 35.1 Å². The van der Waals surface area contributed by atoms with Crippen LogP contribution in [-0.2, 0) is 25.7 Å². The van der Waals surface area contributed by atoms with Crippen molar-refractivity contribution in [2.75, 3.05) is 12.4 Å². The van der Waals surface area contributed by atoms with Crippen molar-refractivity contribution in [1.29, 1.82) is 0 Å². The number of amides is 4. The van der Waals surface area contributed by atoms with Gasteiger partial charge in [-0.2, -0.15) is 0 Å². The van der Waals surface area contributed by atoms with Crippen LogP contribution in [0.2, 0.25) is 0 Å². The second-order valence-electron chi connectivity index (χ2n) is 12.3. The van der Waals surface area contributed by atoms with E-state index in [2.05, 4.69) is 21.3 Å². The molecule has 230 valence electrons. The minimum Gasteiger partial charge on any atom is -0.466 e. The van der Waals surface area contributed by atoms with Gasteiger partial charge in [0.25, 0.3) is 17.4 Å². The fourth-order valence-corrected chi connectivity index (χ4v) is 7.41. The lowest BCUT2D eigenvalue weighted by atomic mass is 9.54. The third-order valence-electron chi connectivity index (χ3n) is 9.19. The van der Waals surface area contributed by atoms with Crippen molar-refractivity contribution in [3.8, 4) is 0 Å². The summed E-state index contributed by atoms with van der Waals surface area (Å²) in [6.07, 6.45) is 6.94. The Labute approximate surface area is 249 Å². The van der Waals surface area contributed by atoms with Gasteiger partial charge in [-0.05, 0) is 94.2 Å². The molecule has 2 heterocycles. The van der Waals surface area contributed by atoms with E-state index in [-0.39, 0.29) is 42.6 Å². The Bertz CT molecular complexity index is 1460. The predicted molar refractivity (Wildman–Crippen MR) is 156 cm³/mol. The molecular formula is C31H39N5O7. The van der Waals surface area contributed by atoms with E-state index in [1.165, 1.54) is 36.4 Å². The van der Waals surface area contributed by atoms with Gasteiger partial charge in [-0.3, -0.25) is 28.8 Å². The molecule has 4 saturated carbocycles. The molecule has 0 radical (unpaired) electrons. The number of aryl methyl sites for hydroxylation is 2. The van der Waals surface area contributed by atoms with Crippen LogP contribution in [0.4, 0.5) is 5.69 Å². The quantitative estimate of drug-likeness (QED) is 0.288. The van der Waals surface area contributed by atoms with Gasteiger partial charge in [0.05, 0.1) is 5.56 Å². The van der Waals surface area contributed by atoms with E-state index in [1.54, 1.807) is 19.9 Å². The number of aromatic nitrogens is 1. The SMILES string of the molecule is CNC(=O)C(=O)CCC(NC(=O)c1cc(C)oc1C)C(=O)Nc1cccn(CC(=O)NC2C3CC4CC(C3)CC2C4)c1=O. The number of pyridine rings is 1. The number of hydrogen-bond acceptors (Lipinski definition) is 7. The molecule has 1 atom stereocenters. The number of carbonyl (C=O) groups is 5. The van der Waals surface area contributed by atoms with Gasteiger partial charge in [0.2, 0.25) is 17.6 Å². The average Bonchev–Trinajstić information content (AvgIpc) is 3.31. The van der Waals surface area contributed by atoms with Crippen LogP contribution in [-0.4, -0.2) is 53.1 Å². The van der Waals surface area contributed by atoms with E-state index in [4.69, 9.17) is 4.42 Å². The third-order valence-corrected chi connectivity index (χ3v) is 9.19. The molecule has 2 aromatic heterocycles. The van der Waals surface area contributed by atoms with Gasteiger partial charge in [-0.25, -0.2) is 0 Å². The standard InChI is InChI=1S/C31H39N5O7/c1-16-9-22(17(2)43-16)28(39)33-23(6-7-25(37)30(41)32-3)29(40)34-24-5-4-8-36(31(24)42)15-26(38)35-27-20-11-18-10-19(13-20)14-21(27)12-18/h4-5,8-9,18-21,23,27H,6-7,10-15H2,1-3H3,(H,32,41)(H,33,39)(H,34,40)(H,35,38). The first kappa shape index (κ1) is 30.2. The van der Waals surface area contributed by atoms with Crippen LogP contribution in [0.15, 0.2) is 33.6 Å². The lowest BCUT2D eigenvalue weighted by Gasteiger charge is -2.54. The van der Waals surface area contributed by atoms with Crippen molar-refractivity contribution >= 4 is 35.1 Å². The summed E-state index contributed by atoms with van der Waals surface area (Å²) in [7, 11) is 1.32. The molecule has 4 aliphatic carbocycles. The predicted octanol–water partition coefficient (Wildman–Crippen LogP) is 1.83. The van der Waals surface area contributed by atoms with E-state index in [9.17, 15) is 28.8 Å². The van der Waals surface area contributed by atoms with Crippen LogP contribution in [0.5, 0.6) is 0 Å². The number of nitrogens with one attached hydrogen (secondary N) is 4. The normalized spacial score (nSPS) is 24.2.